The van der Waals surface area contributed by atoms with Crippen LogP contribution in [0.25, 0.3) is 0 Å². The van der Waals surface area contributed by atoms with E-state index in [4.69, 9.17) is 9.47 Å². The number of carbonyl (C=O) groups excluding carboxylic acids is 4. The summed E-state index contributed by atoms with van der Waals surface area (Å²) in [5.74, 6) is -1.18. The van der Waals surface area contributed by atoms with Crippen LogP contribution in [-0.2, 0) is 35.1 Å². The molecule has 1 saturated carbocycles. The molecule has 32 heavy (non-hydrogen) atoms. The minimum atomic E-state index is -0.694. The van der Waals surface area contributed by atoms with Crippen LogP contribution in [0, 0.1) is 0 Å². The van der Waals surface area contributed by atoms with Gasteiger partial charge in [0.25, 0.3) is 5.91 Å². The van der Waals surface area contributed by atoms with Gasteiger partial charge in [0.15, 0.2) is 0 Å². The summed E-state index contributed by atoms with van der Waals surface area (Å²) in [5, 5.41) is 4.32. The maximum atomic E-state index is 13.1. The highest BCUT2D eigenvalue weighted by Gasteiger charge is 2.54. The average molecular weight is 479 g/mol. The van der Waals surface area contributed by atoms with Gasteiger partial charge in [-0.05, 0) is 37.1 Å². The second kappa shape index (κ2) is 10.1. The topological polar surface area (TPSA) is 102 Å². The predicted molar refractivity (Wildman–Crippen MR) is 120 cm³/mol. The van der Waals surface area contributed by atoms with Crippen LogP contribution >= 0.6 is 23.1 Å². The molecule has 1 aliphatic carbocycles. The van der Waals surface area contributed by atoms with Gasteiger partial charge in [-0.15, -0.1) is 23.1 Å². The fourth-order valence-corrected chi connectivity index (χ4v) is 6.19. The van der Waals surface area contributed by atoms with Crippen LogP contribution in [0.1, 0.15) is 43.9 Å². The Labute approximate surface area is 194 Å². The third-order valence-electron chi connectivity index (χ3n) is 5.75. The van der Waals surface area contributed by atoms with Gasteiger partial charge in [-0.25, -0.2) is 4.79 Å². The number of hydrogen-bond acceptors (Lipinski definition) is 8. The number of hydrogen-bond donors (Lipinski definition) is 1. The molecule has 3 aliphatic rings. The lowest BCUT2D eigenvalue weighted by Crippen LogP contribution is -2.70. The molecular weight excluding hydrogens is 452 g/mol. The number of fused-ring (bicyclic) bond motifs is 1. The summed E-state index contributed by atoms with van der Waals surface area (Å²) >= 11 is 2.92. The van der Waals surface area contributed by atoms with Crippen molar-refractivity contribution in [2.24, 2.45) is 0 Å². The van der Waals surface area contributed by atoms with Gasteiger partial charge < -0.3 is 14.8 Å². The lowest BCUT2D eigenvalue weighted by atomic mass is 9.97. The summed E-state index contributed by atoms with van der Waals surface area (Å²) in [5.41, 5.74) is 0.716. The van der Waals surface area contributed by atoms with E-state index in [9.17, 15) is 19.2 Å². The zero-order valence-corrected chi connectivity index (χ0v) is 19.5. The monoisotopic (exact) mass is 478 g/mol. The number of thioether (sulfide) groups is 1. The van der Waals surface area contributed by atoms with Gasteiger partial charge in [0.05, 0.1) is 6.42 Å². The van der Waals surface area contributed by atoms with Crippen LogP contribution in [-0.4, -0.2) is 58.5 Å². The number of rotatable bonds is 7. The SMILES string of the molecule is CC(=O)OCC1=C(C(=O)OC2CCCCC2)N2C(=O)[C@@H](NC(=O)Cc3cccs3)[C@@H]2SC1. The van der Waals surface area contributed by atoms with Crippen molar-refractivity contribution in [2.75, 3.05) is 12.4 Å². The molecule has 0 unspecified atom stereocenters. The van der Waals surface area contributed by atoms with Gasteiger partial charge in [0.2, 0.25) is 5.91 Å². The molecule has 0 bridgehead atoms. The van der Waals surface area contributed by atoms with Gasteiger partial charge in [-0.1, -0.05) is 12.5 Å². The van der Waals surface area contributed by atoms with Crippen molar-refractivity contribution >= 4 is 46.9 Å². The minimum Gasteiger partial charge on any atom is -0.461 e. The van der Waals surface area contributed by atoms with Crippen LogP contribution < -0.4 is 5.32 Å². The van der Waals surface area contributed by atoms with Crippen LogP contribution in [0.4, 0.5) is 0 Å². The second-order valence-electron chi connectivity index (χ2n) is 8.11. The molecule has 0 aromatic carbocycles. The summed E-state index contributed by atoms with van der Waals surface area (Å²) in [4.78, 5) is 52.1. The van der Waals surface area contributed by atoms with Crippen molar-refractivity contribution < 1.29 is 28.7 Å². The average Bonchev–Trinajstić information content (AvgIpc) is 3.28. The second-order valence-corrected chi connectivity index (χ2v) is 10.2. The molecule has 172 valence electrons. The predicted octanol–water partition coefficient (Wildman–Crippen LogP) is 2.38. The first-order chi connectivity index (χ1) is 15.4. The number of nitrogens with one attached hydrogen (secondary N) is 1. The van der Waals surface area contributed by atoms with Crippen LogP contribution in [0.5, 0.6) is 0 Å². The number of β-lactam (4-membered cyclic amide) rings is 1. The van der Waals surface area contributed by atoms with Gasteiger partial charge in [-0.2, -0.15) is 0 Å². The summed E-state index contributed by atoms with van der Waals surface area (Å²) < 4.78 is 10.8. The van der Waals surface area contributed by atoms with Gasteiger partial charge in [0.1, 0.15) is 29.8 Å². The highest BCUT2D eigenvalue weighted by atomic mass is 32.2. The van der Waals surface area contributed by atoms with E-state index in [0.717, 1.165) is 37.0 Å². The largest absolute Gasteiger partial charge is 0.461 e. The number of amides is 2. The molecule has 0 radical (unpaired) electrons. The Morgan fingerprint density at radius 1 is 1.22 bits per heavy atom. The molecule has 1 aromatic rings. The molecule has 1 saturated heterocycles. The first-order valence-corrected chi connectivity index (χ1v) is 12.7. The molecule has 2 fully saturated rings. The molecule has 3 heterocycles. The number of nitrogens with zero attached hydrogens (tertiary/aromatic N) is 1. The molecule has 2 amide bonds. The fourth-order valence-electron chi connectivity index (χ4n) is 4.16. The van der Waals surface area contributed by atoms with E-state index in [-0.39, 0.29) is 42.0 Å². The van der Waals surface area contributed by atoms with E-state index in [1.54, 1.807) is 0 Å². The standard InChI is InChI=1S/C22H26N2O6S2/c1-13(25)29-11-14-12-32-21-18(23-17(26)10-16-8-5-9-31-16)20(27)24(21)19(14)22(28)30-15-6-3-2-4-7-15/h5,8-9,15,18,21H,2-4,6-7,10-12H2,1H3,(H,23,26)/t18-,21+/m1/s1. The van der Waals surface area contributed by atoms with Crippen molar-refractivity contribution in [3.8, 4) is 0 Å². The Bertz CT molecular complexity index is 923. The summed E-state index contributed by atoms with van der Waals surface area (Å²) in [7, 11) is 0. The highest BCUT2D eigenvalue weighted by Crippen LogP contribution is 2.41. The van der Waals surface area contributed by atoms with Gasteiger partial charge in [0, 0.05) is 23.1 Å². The lowest BCUT2D eigenvalue weighted by Gasteiger charge is -2.49. The van der Waals surface area contributed by atoms with Crippen molar-refractivity contribution in [3.63, 3.8) is 0 Å². The van der Waals surface area contributed by atoms with Crippen molar-refractivity contribution in [2.45, 2.75) is 63.0 Å². The summed E-state index contributed by atoms with van der Waals surface area (Å²) in [6.07, 6.45) is 4.82. The smallest absolute Gasteiger partial charge is 0.355 e. The number of carbonyl (C=O) groups is 4. The van der Waals surface area contributed by atoms with Crippen LogP contribution in [0.15, 0.2) is 28.8 Å². The van der Waals surface area contributed by atoms with Crippen molar-refractivity contribution in [3.05, 3.63) is 33.7 Å². The Balaban J connectivity index is 1.47. The lowest BCUT2D eigenvalue weighted by molar-refractivity contribution is -0.156. The first-order valence-electron chi connectivity index (χ1n) is 10.8. The molecule has 2 aliphatic heterocycles. The van der Waals surface area contributed by atoms with E-state index in [1.807, 2.05) is 17.5 Å². The van der Waals surface area contributed by atoms with E-state index in [2.05, 4.69) is 5.32 Å². The van der Waals surface area contributed by atoms with Gasteiger partial charge >= 0.3 is 11.9 Å². The number of ether oxygens (including phenoxy) is 2. The first kappa shape index (κ1) is 22.8. The Kier molecular flexibility index (Phi) is 7.20. The minimum absolute atomic E-state index is 0.0661. The zero-order valence-electron chi connectivity index (χ0n) is 17.8. The Morgan fingerprint density at radius 3 is 2.69 bits per heavy atom. The molecule has 8 nitrogen and oxygen atoms in total. The summed E-state index contributed by atoms with van der Waals surface area (Å²) in [6.45, 7) is 1.23. The van der Waals surface area contributed by atoms with E-state index >= 15 is 0 Å². The number of esters is 2. The fraction of sp³-hybridized carbons (Fsp3) is 0.545. The molecule has 10 heteroatoms. The van der Waals surface area contributed by atoms with Crippen LogP contribution in [0.3, 0.4) is 0 Å². The molecule has 0 spiro atoms. The Morgan fingerprint density at radius 2 is 2.00 bits per heavy atom. The maximum Gasteiger partial charge on any atom is 0.355 e. The normalized spacial score (nSPS) is 23.3. The quantitative estimate of drug-likeness (QED) is 0.474. The van der Waals surface area contributed by atoms with Gasteiger partial charge in [-0.3, -0.25) is 19.3 Å². The zero-order chi connectivity index (χ0) is 22.7. The number of thiophene rings is 1. The molecule has 1 N–H and O–H groups in total. The molecule has 1 aromatic heterocycles. The highest BCUT2D eigenvalue weighted by molar-refractivity contribution is 8.00. The molecule has 2 atom stereocenters. The third kappa shape index (κ3) is 5.01. The maximum absolute atomic E-state index is 13.1. The van der Waals surface area contributed by atoms with Crippen molar-refractivity contribution in [1.29, 1.82) is 0 Å². The Hall–Kier alpha value is -2.33. The molecular formula is C22H26N2O6S2. The molecule has 4 rings (SSSR count). The van der Waals surface area contributed by atoms with Crippen LogP contribution in [0.2, 0.25) is 0 Å². The summed E-state index contributed by atoms with van der Waals surface area (Å²) in [6, 6.07) is 3.05. The third-order valence-corrected chi connectivity index (χ3v) is 7.96. The van der Waals surface area contributed by atoms with E-state index < -0.39 is 18.0 Å². The van der Waals surface area contributed by atoms with E-state index in [0.29, 0.717) is 11.3 Å². The van der Waals surface area contributed by atoms with Crippen molar-refractivity contribution in [1.82, 2.24) is 10.2 Å². The van der Waals surface area contributed by atoms with E-state index in [1.165, 1.54) is 34.9 Å².